The number of halogens is 3. The van der Waals surface area contributed by atoms with Gasteiger partial charge in [-0.1, -0.05) is 36.4 Å². The fourth-order valence-corrected chi connectivity index (χ4v) is 2.94. The highest BCUT2D eigenvalue weighted by Gasteiger charge is 2.30. The van der Waals surface area contributed by atoms with Gasteiger partial charge in [-0.2, -0.15) is 13.2 Å². The summed E-state index contributed by atoms with van der Waals surface area (Å²) in [6, 6.07) is 15.8. The van der Waals surface area contributed by atoms with E-state index >= 15 is 0 Å². The van der Waals surface area contributed by atoms with E-state index in [1.807, 2.05) is 18.2 Å². The molecule has 0 unspecified atom stereocenters. The van der Waals surface area contributed by atoms with Gasteiger partial charge in [0.2, 0.25) is 4.91 Å². The van der Waals surface area contributed by atoms with Crippen LogP contribution in [0.1, 0.15) is 15.9 Å². The van der Waals surface area contributed by atoms with Gasteiger partial charge in [-0.3, -0.25) is 4.79 Å². The lowest BCUT2D eigenvalue weighted by Gasteiger charge is -2.11. The average Bonchev–Trinajstić information content (AvgIpc) is 2.72. The molecule has 8 heteroatoms. The molecule has 0 aliphatic carbocycles. The maximum absolute atomic E-state index is 12.8. The number of fused-ring (bicyclic) bond motifs is 1. The molecule has 0 aliphatic rings. The molecule has 0 heterocycles. The average molecular weight is 399 g/mol. The lowest BCUT2D eigenvalue weighted by molar-refractivity contribution is -0.137. The van der Waals surface area contributed by atoms with E-state index in [2.05, 4.69) is 20.5 Å². The number of rotatable bonds is 5. The van der Waals surface area contributed by atoms with Crippen LogP contribution in [0.5, 0.6) is 0 Å². The highest BCUT2D eigenvalue weighted by Crippen LogP contribution is 2.33. The number of benzene rings is 3. The molecule has 3 rings (SSSR count). The summed E-state index contributed by atoms with van der Waals surface area (Å²) in [7, 11) is 1.51. The Balaban J connectivity index is 1.85. The zero-order valence-electron chi connectivity index (χ0n) is 15.6. The smallest absolute Gasteiger partial charge is 0.350 e. The van der Waals surface area contributed by atoms with Crippen molar-refractivity contribution in [3.05, 3.63) is 71.8 Å². The molecule has 1 amide bonds. The third-order valence-corrected chi connectivity index (χ3v) is 4.32. The number of hydrogen-bond donors (Lipinski definition) is 1. The molecule has 0 aliphatic heterocycles. The van der Waals surface area contributed by atoms with Crippen LogP contribution in [-0.2, 0) is 6.18 Å². The van der Waals surface area contributed by atoms with Crippen molar-refractivity contribution < 1.29 is 18.0 Å². The van der Waals surface area contributed by atoms with Crippen molar-refractivity contribution in [2.45, 2.75) is 6.18 Å². The van der Waals surface area contributed by atoms with E-state index in [1.54, 1.807) is 18.2 Å². The summed E-state index contributed by atoms with van der Waals surface area (Å²) < 4.78 is 38.4. The van der Waals surface area contributed by atoms with E-state index in [1.165, 1.54) is 19.2 Å². The van der Waals surface area contributed by atoms with Crippen LogP contribution in [0.2, 0.25) is 0 Å². The number of amides is 1. The molecule has 29 heavy (non-hydrogen) atoms. The molecule has 1 N–H and O–H groups in total. The first-order valence-corrected chi connectivity index (χ1v) is 8.84. The van der Waals surface area contributed by atoms with Gasteiger partial charge in [0.05, 0.1) is 5.56 Å². The number of hydrogen-bond acceptors (Lipinski definition) is 3. The molecule has 0 aromatic heterocycles. The van der Waals surface area contributed by atoms with E-state index in [0.717, 1.165) is 28.5 Å². The Kier molecular flexibility index (Phi) is 6.04. The van der Waals surface area contributed by atoms with Crippen LogP contribution in [0, 0.1) is 0 Å². The SMILES string of the molecule is CN=[N+]=NCCNC(=O)c1ccc2c(-c3ccc(C(F)(F)F)cc3)cccc2c1. The van der Waals surface area contributed by atoms with Crippen molar-refractivity contribution in [1.82, 2.24) is 10.2 Å². The lowest BCUT2D eigenvalue weighted by Crippen LogP contribution is -2.25. The van der Waals surface area contributed by atoms with Crippen molar-refractivity contribution in [1.29, 1.82) is 0 Å². The summed E-state index contributed by atoms with van der Waals surface area (Å²) in [5.41, 5.74) is 1.27. The maximum Gasteiger partial charge on any atom is 0.416 e. The van der Waals surface area contributed by atoms with Gasteiger partial charge in [0.25, 0.3) is 5.91 Å². The minimum absolute atomic E-state index is 0.240. The molecular formula is C21H18F3N4O+. The Morgan fingerprint density at radius 2 is 1.83 bits per heavy atom. The van der Waals surface area contributed by atoms with Gasteiger partial charge in [-0.05, 0) is 46.2 Å². The fourth-order valence-electron chi connectivity index (χ4n) is 2.94. The highest BCUT2D eigenvalue weighted by atomic mass is 19.4. The summed E-state index contributed by atoms with van der Waals surface area (Å²) in [5, 5.41) is 11.6. The number of carbonyl (C=O) groups excluding carboxylic acids is 1. The van der Waals surface area contributed by atoms with E-state index in [9.17, 15) is 18.0 Å². The van der Waals surface area contributed by atoms with E-state index in [-0.39, 0.29) is 5.91 Å². The predicted octanol–water partition coefficient (Wildman–Crippen LogP) is 4.86. The quantitative estimate of drug-likeness (QED) is 0.372. The van der Waals surface area contributed by atoms with Gasteiger partial charge in [-0.25, -0.2) is 0 Å². The number of carbonyl (C=O) groups is 1. The minimum atomic E-state index is -4.37. The molecule has 0 saturated carbocycles. The molecule has 0 spiro atoms. The predicted molar refractivity (Wildman–Crippen MR) is 105 cm³/mol. The van der Waals surface area contributed by atoms with Crippen LogP contribution in [0.25, 0.3) is 21.9 Å². The molecular weight excluding hydrogens is 381 g/mol. The zero-order chi connectivity index (χ0) is 20.9. The summed E-state index contributed by atoms with van der Waals surface area (Å²) in [6.45, 7) is 0.663. The summed E-state index contributed by atoms with van der Waals surface area (Å²) in [5.74, 6) is -0.240. The van der Waals surface area contributed by atoms with Crippen molar-refractivity contribution in [2.24, 2.45) is 10.2 Å². The monoisotopic (exact) mass is 399 g/mol. The van der Waals surface area contributed by atoms with Gasteiger partial charge in [0.15, 0.2) is 0 Å². The first-order valence-electron chi connectivity index (χ1n) is 8.84. The maximum atomic E-state index is 12.8. The Labute approximate surface area is 165 Å². The highest BCUT2D eigenvalue weighted by molar-refractivity contribution is 6.02. The summed E-state index contributed by atoms with van der Waals surface area (Å²) in [4.78, 5) is 15.8. The van der Waals surface area contributed by atoms with Crippen LogP contribution < -0.4 is 10.2 Å². The van der Waals surface area contributed by atoms with Gasteiger partial charge in [0, 0.05) is 12.1 Å². The zero-order valence-corrected chi connectivity index (χ0v) is 15.6. The van der Waals surface area contributed by atoms with E-state index in [4.69, 9.17) is 0 Å². The number of alkyl halides is 3. The first-order chi connectivity index (χ1) is 13.9. The minimum Gasteiger partial charge on any atom is -0.350 e. The van der Waals surface area contributed by atoms with Crippen molar-refractivity contribution in [3.8, 4) is 11.1 Å². The standard InChI is InChI=1S/C21H17F3N4O/c1-25-28-27-12-11-26-20(29)16-7-10-19-15(13-16)3-2-4-18(19)14-5-8-17(9-6-14)21(22,23)24/h2-10,13H,11-12H2,1H3/p+1. The summed E-state index contributed by atoms with van der Waals surface area (Å²) in [6.07, 6.45) is -4.37. The molecule has 0 atom stereocenters. The van der Waals surface area contributed by atoms with Crippen LogP contribution in [0.4, 0.5) is 13.2 Å². The Bertz CT molecular complexity index is 1090. The van der Waals surface area contributed by atoms with Crippen molar-refractivity contribution in [3.63, 3.8) is 0 Å². The molecule has 0 fully saturated rings. The van der Waals surface area contributed by atoms with Crippen LogP contribution in [-0.4, -0.2) is 26.0 Å². The van der Waals surface area contributed by atoms with Gasteiger partial charge in [-0.15, -0.1) is 0 Å². The van der Waals surface area contributed by atoms with Crippen molar-refractivity contribution in [2.75, 3.05) is 20.1 Å². The second kappa shape index (κ2) is 8.67. The Hall–Kier alpha value is -3.51. The molecule has 0 bridgehead atoms. The second-order valence-electron chi connectivity index (χ2n) is 6.23. The molecule has 0 saturated heterocycles. The van der Waals surface area contributed by atoms with Crippen LogP contribution >= 0.6 is 0 Å². The third-order valence-electron chi connectivity index (χ3n) is 4.32. The van der Waals surface area contributed by atoms with Crippen LogP contribution in [0.15, 0.2) is 70.9 Å². The van der Waals surface area contributed by atoms with Crippen molar-refractivity contribution >= 4 is 16.7 Å². The molecule has 148 valence electrons. The van der Waals surface area contributed by atoms with E-state index in [0.29, 0.717) is 24.2 Å². The van der Waals surface area contributed by atoms with Crippen LogP contribution in [0.3, 0.4) is 0 Å². The van der Waals surface area contributed by atoms with Gasteiger partial charge >= 0.3 is 6.18 Å². The second-order valence-corrected chi connectivity index (χ2v) is 6.23. The number of nitrogens with zero attached hydrogens (tertiary/aromatic N) is 3. The third kappa shape index (κ3) is 4.86. The normalized spacial score (nSPS) is 11.0. The van der Waals surface area contributed by atoms with Gasteiger partial charge in [0.1, 0.15) is 23.8 Å². The Morgan fingerprint density at radius 3 is 2.52 bits per heavy atom. The Morgan fingerprint density at radius 1 is 1.07 bits per heavy atom. The van der Waals surface area contributed by atoms with E-state index < -0.39 is 11.7 Å². The number of nitrogens with one attached hydrogen (secondary N) is 1. The van der Waals surface area contributed by atoms with Gasteiger partial charge < -0.3 is 5.32 Å². The fraction of sp³-hybridized carbons (Fsp3) is 0.190. The largest absolute Gasteiger partial charge is 0.416 e. The topological polar surface area (TPSA) is 67.9 Å². The summed E-state index contributed by atoms with van der Waals surface area (Å²) >= 11 is 0. The lowest BCUT2D eigenvalue weighted by atomic mass is 9.96. The molecule has 5 nitrogen and oxygen atoms in total. The first kappa shape index (κ1) is 20.2. The molecule has 0 radical (unpaired) electrons. The molecule has 3 aromatic rings. The molecule has 3 aromatic carbocycles.